The highest BCUT2D eigenvalue weighted by Gasteiger charge is 2.12. The normalized spacial score (nSPS) is 11.2. The summed E-state index contributed by atoms with van der Waals surface area (Å²) in [4.78, 5) is 4.08. The summed E-state index contributed by atoms with van der Waals surface area (Å²) < 4.78 is 3.93. The Morgan fingerprint density at radius 3 is 2.68 bits per heavy atom. The summed E-state index contributed by atoms with van der Waals surface area (Å²) in [5, 5.41) is 12.6. The summed E-state index contributed by atoms with van der Waals surface area (Å²) >= 11 is 0. The molecule has 3 aromatic rings. The first kappa shape index (κ1) is 17.2. The van der Waals surface area contributed by atoms with Crippen molar-refractivity contribution >= 4 is 5.69 Å². The van der Waals surface area contributed by atoms with E-state index in [2.05, 4.69) is 52.1 Å². The van der Waals surface area contributed by atoms with Crippen molar-refractivity contribution in [1.29, 1.82) is 0 Å². The predicted molar refractivity (Wildman–Crippen MR) is 100 cm³/mol. The molecule has 0 radical (unpaired) electrons. The van der Waals surface area contributed by atoms with E-state index in [0.29, 0.717) is 12.5 Å². The highest BCUT2D eigenvalue weighted by atomic mass is 15.3. The summed E-state index contributed by atoms with van der Waals surface area (Å²) in [6.45, 7) is 8.26. The highest BCUT2D eigenvalue weighted by Crippen LogP contribution is 2.23. The van der Waals surface area contributed by atoms with Crippen molar-refractivity contribution < 1.29 is 0 Å². The number of hydrogen-bond acceptors (Lipinski definition) is 4. The van der Waals surface area contributed by atoms with Crippen LogP contribution in [0.5, 0.6) is 0 Å². The molecule has 1 N–H and O–H groups in total. The predicted octanol–water partition coefficient (Wildman–Crippen LogP) is 3.65. The van der Waals surface area contributed by atoms with E-state index in [-0.39, 0.29) is 0 Å². The molecule has 6 nitrogen and oxygen atoms in total. The molecule has 0 amide bonds. The number of anilines is 1. The van der Waals surface area contributed by atoms with Crippen molar-refractivity contribution in [3.05, 3.63) is 48.2 Å². The lowest BCUT2D eigenvalue weighted by molar-refractivity contribution is 0.480. The van der Waals surface area contributed by atoms with Crippen LogP contribution >= 0.6 is 0 Å². The third kappa shape index (κ3) is 4.07. The van der Waals surface area contributed by atoms with Crippen molar-refractivity contribution in [3.63, 3.8) is 0 Å². The second-order valence-corrected chi connectivity index (χ2v) is 6.82. The van der Waals surface area contributed by atoms with Gasteiger partial charge in [0.05, 0.1) is 23.3 Å². The number of nitrogens with one attached hydrogen (secondary N) is 1. The Morgan fingerprint density at radius 1 is 1.20 bits per heavy atom. The summed E-state index contributed by atoms with van der Waals surface area (Å²) in [5.74, 6) is 0.679. The van der Waals surface area contributed by atoms with Gasteiger partial charge in [0.2, 0.25) is 0 Å². The first-order valence-electron chi connectivity index (χ1n) is 8.73. The Kier molecular flexibility index (Phi) is 5.16. The van der Waals surface area contributed by atoms with Gasteiger partial charge in [-0.1, -0.05) is 13.8 Å². The molecule has 3 rings (SSSR count). The first-order valence-corrected chi connectivity index (χ1v) is 8.73. The van der Waals surface area contributed by atoms with E-state index < -0.39 is 0 Å². The molecule has 0 fully saturated rings. The van der Waals surface area contributed by atoms with Crippen molar-refractivity contribution in [1.82, 2.24) is 24.5 Å². The molecule has 25 heavy (non-hydrogen) atoms. The van der Waals surface area contributed by atoms with Crippen LogP contribution in [0.2, 0.25) is 0 Å². The van der Waals surface area contributed by atoms with E-state index in [1.54, 1.807) is 12.4 Å². The van der Waals surface area contributed by atoms with Crippen LogP contribution in [0.1, 0.15) is 31.5 Å². The molecule has 0 spiro atoms. The summed E-state index contributed by atoms with van der Waals surface area (Å²) in [5.41, 5.74) is 5.48. The lowest BCUT2D eigenvalue weighted by Crippen LogP contribution is -2.06. The molecule has 3 heterocycles. The van der Waals surface area contributed by atoms with Crippen LogP contribution in [-0.2, 0) is 20.1 Å². The maximum atomic E-state index is 4.60. The second kappa shape index (κ2) is 7.51. The van der Waals surface area contributed by atoms with Crippen molar-refractivity contribution in [2.75, 3.05) is 5.32 Å². The van der Waals surface area contributed by atoms with Crippen LogP contribution in [0.15, 0.2) is 36.9 Å². The molecule has 0 bridgehead atoms. The standard InChI is InChI=1S/C19H26N6/c1-14(2)7-10-25-15(3)18(12-22-25)21-11-17-13-24(4)23-19(17)16-5-8-20-9-6-16/h5-6,8-9,12-14,21H,7,10-11H2,1-4H3. The lowest BCUT2D eigenvalue weighted by atomic mass is 10.1. The Bertz CT molecular complexity index is 816. The molecular weight excluding hydrogens is 312 g/mol. The fraction of sp³-hybridized carbons (Fsp3) is 0.421. The van der Waals surface area contributed by atoms with Gasteiger partial charge in [0.15, 0.2) is 0 Å². The maximum absolute atomic E-state index is 4.60. The van der Waals surface area contributed by atoms with Crippen molar-refractivity contribution in [2.24, 2.45) is 13.0 Å². The smallest absolute Gasteiger partial charge is 0.0973 e. The zero-order valence-electron chi connectivity index (χ0n) is 15.4. The summed E-state index contributed by atoms with van der Waals surface area (Å²) in [6, 6.07) is 3.97. The molecule has 0 unspecified atom stereocenters. The van der Waals surface area contributed by atoms with Crippen LogP contribution in [0, 0.1) is 12.8 Å². The van der Waals surface area contributed by atoms with E-state index in [9.17, 15) is 0 Å². The first-order chi connectivity index (χ1) is 12.0. The molecule has 6 heteroatoms. The van der Waals surface area contributed by atoms with Gasteiger partial charge in [-0.25, -0.2) is 0 Å². The zero-order valence-corrected chi connectivity index (χ0v) is 15.4. The molecule has 0 aliphatic heterocycles. The van der Waals surface area contributed by atoms with Crippen molar-refractivity contribution in [2.45, 2.75) is 40.3 Å². The van der Waals surface area contributed by atoms with E-state index in [4.69, 9.17) is 0 Å². The average Bonchev–Trinajstić information content (AvgIpc) is 3.14. The molecular formula is C19H26N6. The second-order valence-electron chi connectivity index (χ2n) is 6.82. The topological polar surface area (TPSA) is 60.6 Å². The van der Waals surface area contributed by atoms with Gasteiger partial charge in [0, 0.05) is 49.9 Å². The van der Waals surface area contributed by atoms with Gasteiger partial charge >= 0.3 is 0 Å². The van der Waals surface area contributed by atoms with Crippen LogP contribution in [0.25, 0.3) is 11.3 Å². The molecule has 3 aromatic heterocycles. The minimum atomic E-state index is 0.679. The minimum Gasteiger partial charge on any atom is -0.378 e. The third-order valence-corrected chi connectivity index (χ3v) is 4.35. The fourth-order valence-electron chi connectivity index (χ4n) is 2.84. The van der Waals surface area contributed by atoms with Gasteiger partial charge in [-0.3, -0.25) is 14.3 Å². The van der Waals surface area contributed by atoms with Gasteiger partial charge in [-0.2, -0.15) is 10.2 Å². The Morgan fingerprint density at radius 2 is 1.96 bits per heavy atom. The van der Waals surface area contributed by atoms with Crippen LogP contribution < -0.4 is 5.32 Å². The molecule has 0 aliphatic carbocycles. The number of nitrogens with zero attached hydrogens (tertiary/aromatic N) is 5. The minimum absolute atomic E-state index is 0.679. The van der Waals surface area contributed by atoms with Gasteiger partial charge < -0.3 is 5.32 Å². The monoisotopic (exact) mass is 338 g/mol. The Balaban J connectivity index is 1.73. The van der Waals surface area contributed by atoms with Crippen LogP contribution in [0.3, 0.4) is 0 Å². The van der Waals surface area contributed by atoms with Crippen molar-refractivity contribution in [3.8, 4) is 11.3 Å². The molecule has 0 aliphatic rings. The average molecular weight is 338 g/mol. The molecule has 132 valence electrons. The number of rotatable bonds is 7. The van der Waals surface area contributed by atoms with Crippen LogP contribution in [0.4, 0.5) is 5.69 Å². The number of aromatic nitrogens is 5. The molecule has 0 aromatic carbocycles. The van der Waals surface area contributed by atoms with E-state index in [0.717, 1.165) is 35.5 Å². The van der Waals surface area contributed by atoms with Gasteiger partial charge in [0.25, 0.3) is 0 Å². The maximum Gasteiger partial charge on any atom is 0.0973 e. The lowest BCUT2D eigenvalue weighted by Gasteiger charge is -2.09. The SMILES string of the molecule is Cc1c(NCc2cn(C)nc2-c2ccncc2)cnn1CCC(C)C. The van der Waals surface area contributed by atoms with Crippen LogP contribution in [-0.4, -0.2) is 24.5 Å². The molecule has 0 saturated carbocycles. The molecule has 0 saturated heterocycles. The number of hydrogen-bond donors (Lipinski definition) is 1. The summed E-state index contributed by atoms with van der Waals surface area (Å²) in [7, 11) is 1.95. The zero-order chi connectivity index (χ0) is 17.8. The van der Waals surface area contributed by atoms with E-state index >= 15 is 0 Å². The van der Waals surface area contributed by atoms with Gasteiger partial charge in [-0.15, -0.1) is 0 Å². The molecule has 0 atom stereocenters. The van der Waals surface area contributed by atoms with Gasteiger partial charge in [0.1, 0.15) is 0 Å². The Hall–Kier alpha value is -2.63. The van der Waals surface area contributed by atoms with E-state index in [1.807, 2.05) is 30.1 Å². The van der Waals surface area contributed by atoms with Gasteiger partial charge in [-0.05, 0) is 31.4 Å². The fourth-order valence-corrected chi connectivity index (χ4v) is 2.84. The third-order valence-electron chi connectivity index (χ3n) is 4.35. The number of pyridine rings is 1. The Labute approximate surface area is 148 Å². The quantitative estimate of drug-likeness (QED) is 0.714. The largest absolute Gasteiger partial charge is 0.378 e. The highest BCUT2D eigenvalue weighted by molar-refractivity contribution is 5.62. The summed E-state index contributed by atoms with van der Waals surface area (Å²) in [6.07, 6.45) is 8.70. The van der Waals surface area contributed by atoms with E-state index in [1.165, 1.54) is 5.69 Å². The number of aryl methyl sites for hydroxylation is 2.